The molecule has 154 valence electrons. The van der Waals surface area contributed by atoms with Gasteiger partial charge in [-0.05, 0) is 37.5 Å². The van der Waals surface area contributed by atoms with Crippen molar-refractivity contribution in [2.24, 2.45) is 4.99 Å². The van der Waals surface area contributed by atoms with E-state index in [-0.39, 0.29) is 35.6 Å². The van der Waals surface area contributed by atoms with Crippen LogP contribution in [0.1, 0.15) is 37.1 Å². The molecule has 1 fully saturated rings. The molecular weight excluding hydrogens is 467 g/mol. The van der Waals surface area contributed by atoms with Crippen LogP contribution in [-0.4, -0.2) is 38.3 Å². The number of halogens is 1. The van der Waals surface area contributed by atoms with Gasteiger partial charge < -0.3 is 25.1 Å². The summed E-state index contributed by atoms with van der Waals surface area (Å²) in [6, 6.07) is 14.7. The first-order valence-electron chi connectivity index (χ1n) is 9.58. The second-order valence-corrected chi connectivity index (χ2v) is 7.03. The lowest BCUT2D eigenvalue weighted by molar-refractivity contribution is 0.0355. The van der Waals surface area contributed by atoms with Crippen molar-refractivity contribution in [3.8, 4) is 0 Å². The second-order valence-electron chi connectivity index (χ2n) is 7.03. The molecule has 1 atom stereocenters. The number of nitrogens with zero attached hydrogens (tertiary/aromatic N) is 1. The van der Waals surface area contributed by atoms with Crippen LogP contribution in [0.5, 0.6) is 0 Å². The van der Waals surface area contributed by atoms with Crippen LogP contribution >= 0.6 is 24.0 Å². The summed E-state index contributed by atoms with van der Waals surface area (Å²) in [6.07, 6.45) is 3.61. The fourth-order valence-corrected chi connectivity index (χ4v) is 3.48. The third-order valence-corrected chi connectivity index (χ3v) is 5.10. The number of ether oxygens (including phenoxy) is 1. The monoisotopic (exact) mass is 498 g/mol. The highest BCUT2D eigenvalue weighted by molar-refractivity contribution is 14.0. The summed E-state index contributed by atoms with van der Waals surface area (Å²) < 4.78 is 11.0. The maximum absolute atomic E-state index is 5.62. The van der Waals surface area contributed by atoms with Gasteiger partial charge in [-0.15, -0.1) is 24.0 Å². The average molecular weight is 498 g/mol. The molecule has 0 bridgehead atoms. The summed E-state index contributed by atoms with van der Waals surface area (Å²) in [6.45, 7) is 5.15. The maximum Gasteiger partial charge on any atom is 0.191 e. The van der Waals surface area contributed by atoms with E-state index in [0.717, 1.165) is 44.3 Å². The SMILES string of the molecule is CN=C(NCc1ccco1)NCC1(NC(C)c2ccccc2)CCOCC1.I. The van der Waals surface area contributed by atoms with E-state index in [2.05, 4.69) is 58.2 Å². The van der Waals surface area contributed by atoms with Crippen molar-refractivity contribution in [3.63, 3.8) is 0 Å². The molecule has 1 unspecified atom stereocenters. The smallest absolute Gasteiger partial charge is 0.191 e. The molecule has 2 aromatic rings. The Labute approximate surface area is 184 Å². The van der Waals surface area contributed by atoms with Crippen LogP contribution in [0.15, 0.2) is 58.1 Å². The molecular formula is C21H31IN4O2. The van der Waals surface area contributed by atoms with E-state index in [0.29, 0.717) is 6.54 Å². The van der Waals surface area contributed by atoms with Gasteiger partial charge in [0.05, 0.1) is 12.8 Å². The summed E-state index contributed by atoms with van der Waals surface area (Å²) in [7, 11) is 1.79. The molecule has 0 saturated carbocycles. The Kier molecular flexibility index (Phi) is 9.27. The zero-order chi connectivity index (χ0) is 19.0. The predicted octanol–water partition coefficient (Wildman–Crippen LogP) is 3.46. The molecule has 7 heteroatoms. The Morgan fingerprint density at radius 1 is 1.11 bits per heavy atom. The van der Waals surface area contributed by atoms with Gasteiger partial charge in [-0.25, -0.2) is 0 Å². The van der Waals surface area contributed by atoms with Crippen molar-refractivity contribution >= 4 is 29.9 Å². The Hall–Kier alpha value is -1.58. The number of benzene rings is 1. The molecule has 0 spiro atoms. The number of guanidine groups is 1. The van der Waals surface area contributed by atoms with Crippen molar-refractivity contribution < 1.29 is 9.15 Å². The highest BCUT2D eigenvalue weighted by Crippen LogP contribution is 2.25. The molecule has 3 N–H and O–H groups in total. The molecule has 3 rings (SSSR count). The van der Waals surface area contributed by atoms with Gasteiger partial charge >= 0.3 is 0 Å². The molecule has 1 aromatic carbocycles. The zero-order valence-electron chi connectivity index (χ0n) is 16.6. The van der Waals surface area contributed by atoms with Crippen LogP contribution in [0.25, 0.3) is 0 Å². The lowest BCUT2D eigenvalue weighted by atomic mass is 9.88. The van der Waals surface area contributed by atoms with Crippen molar-refractivity contribution in [2.45, 2.75) is 37.9 Å². The van der Waals surface area contributed by atoms with Gasteiger partial charge in [0.15, 0.2) is 5.96 Å². The van der Waals surface area contributed by atoms with Crippen LogP contribution in [0.3, 0.4) is 0 Å². The first-order chi connectivity index (χ1) is 13.2. The van der Waals surface area contributed by atoms with E-state index in [1.807, 2.05) is 12.1 Å². The Morgan fingerprint density at radius 3 is 2.50 bits per heavy atom. The van der Waals surface area contributed by atoms with Crippen molar-refractivity contribution in [1.29, 1.82) is 0 Å². The number of rotatable bonds is 7. The number of aliphatic imine (C=N–C) groups is 1. The molecule has 28 heavy (non-hydrogen) atoms. The minimum Gasteiger partial charge on any atom is -0.467 e. The number of hydrogen-bond donors (Lipinski definition) is 3. The van der Waals surface area contributed by atoms with Crippen LogP contribution in [0.4, 0.5) is 0 Å². The summed E-state index contributed by atoms with van der Waals surface area (Å²) >= 11 is 0. The maximum atomic E-state index is 5.62. The third-order valence-electron chi connectivity index (χ3n) is 5.10. The summed E-state index contributed by atoms with van der Waals surface area (Å²) in [5.41, 5.74) is 1.26. The van der Waals surface area contributed by atoms with E-state index < -0.39 is 0 Å². The van der Waals surface area contributed by atoms with E-state index in [1.165, 1.54) is 5.56 Å². The van der Waals surface area contributed by atoms with Crippen molar-refractivity contribution in [3.05, 3.63) is 60.1 Å². The molecule has 1 aromatic heterocycles. The summed E-state index contributed by atoms with van der Waals surface area (Å²) in [4.78, 5) is 4.33. The Bertz CT molecular complexity index is 700. The second kappa shape index (κ2) is 11.4. The number of furan rings is 1. The van der Waals surface area contributed by atoms with Gasteiger partial charge in [-0.2, -0.15) is 0 Å². The van der Waals surface area contributed by atoms with Gasteiger partial charge in [0.2, 0.25) is 0 Å². The average Bonchev–Trinajstić information content (AvgIpc) is 3.23. The van der Waals surface area contributed by atoms with Crippen molar-refractivity contribution in [1.82, 2.24) is 16.0 Å². The molecule has 1 aliphatic rings. The van der Waals surface area contributed by atoms with Gasteiger partial charge in [-0.1, -0.05) is 30.3 Å². The van der Waals surface area contributed by atoms with Gasteiger partial charge in [-0.3, -0.25) is 4.99 Å². The van der Waals surface area contributed by atoms with Crippen LogP contribution in [0, 0.1) is 0 Å². The molecule has 2 heterocycles. The summed E-state index contributed by atoms with van der Waals surface area (Å²) in [5.74, 6) is 1.65. The van der Waals surface area contributed by atoms with Crippen LogP contribution < -0.4 is 16.0 Å². The Morgan fingerprint density at radius 2 is 1.86 bits per heavy atom. The minimum absolute atomic E-state index is 0. The van der Waals surface area contributed by atoms with E-state index in [9.17, 15) is 0 Å². The van der Waals surface area contributed by atoms with E-state index >= 15 is 0 Å². The summed E-state index contributed by atoms with van der Waals surface area (Å²) in [5, 5.41) is 10.6. The number of hydrogen-bond acceptors (Lipinski definition) is 4. The minimum atomic E-state index is -0.0319. The Balaban J connectivity index is 0.00000280. The first kappa shape index (κ1) is 22.7. The molecule has 0 amide bonds. The molecule has 1 aliphatic heterocycles. The molecule has 0 aliphatic carbocycles. The molecule has 1 saturated heterocycles. The lowest BCUT2D eigenvalue weighted by Gasteiger charge is -2.41. The van der Waals surface area contributed by atoms with Crippen LogP contribution in [0.2, 0.25) is 0 Å². The quantitative estimate of drug-likeness (QED) is 0.310. The topological polar surface area (TPSA) is 70.8 Å². The fraction of sp³-hybridized carbons (Fsp3) is 0.476. The lowest BCUT2D eigenvalue weighted by Crippen LogP contribution is -2.58. The van der Waals surface area contributed by atoms with Gasteiger partial charge in [0.1, 0.15) is 5.76 Å². The highest BCUT2D eigenvalue weighted by Gasteiger charge is 2.34. The zero-order valence-corrected chi connectivity index (χ0v) is 18.9. The largest absolute Gasteiger partial charge is 0.467 e. The normalized spacial score (nSPS) is 17.4. The van der Waals surface area contributed by atoms with Gasteiger partial charge in [0.25, 0.3) is 0 Å². The fourth-order valence-electron chi connectivity index (χ4n) is 3.48. The predicted molar refractivity (Wildman–Crippen MR) is 123 cm³/mol. The van der Waals surface area contributed by atoms with E-state index in [4.69, 9.17) is 9.15 Å². The first-order valence-corrected chi connectivity index (χ1v) is 9.58. The third kappa shape index (κ3) is 6.49. The standard InChI is InChI=1S/C21H30N4O2.HI/c1-17(18-7-4-3-5-8-18)25-21(10-13-26-14-11-21)16-24-20(22-2)23-15-19-9-6-12-27-19;/h3-9,12,17,25H,10-11,13-16H2,1-2H3,(H2,22,23,24);1H. The van der Waals surface area contributed by atoms with Gasteiger partial charge in [0, 0.05) is 38.4 Å². The van der Waals surface area contributed by atoms with E-state index in [1.54, 1.807) is 13.3 Å². The number of nitrogens with one attached hydrogen (secondary N) is 3. The molecule has 0 radical (unpaired) electrons. The highest BCUT2D eigenvalue weighted by atomic mass is 127. The van der Waals surface area contributed by atoms with Crippen molar-refractivity contribution in [2.75, 3.05) is 26.8 Å². The van der Waals surface area contributed by atoms with Crippen LogP contribution in [-0.2, 0) is 11.3 Å². The molecule has 6 nitrogen and oxygen atoms in total.